The molecular weight excluding hydrogens is 129 g/mol. The summed E-state index contributed by atoms with van der Waals surface area (Å²) < 4.78 is 0. The zero-order chi connectivity index (χ0) is 4.28. The Hall–Kier alpha value is -0.0635. The molecule has 6 heavy (non-hydrogen) atoms. The summed E-state index contributed by atoms with van der Waals surface area (Å²) >= 11 is 0. The number of carboxylic acid groups (broad SMARTS) is 1. The van der Waals surface area contributed by atoms with Gasteiger partial charge in [0.25, 0.3) is 0 Å². The summed E-state index contributed by atoms with van der Waals surface area (Å²) in [6, 6.07) is 0. The summed E-state index contributed by atoms with van der Waals surface area (Å²) in [7, 11) is 0. The van der Waals surface area contributed by atoms with Crippen LogP contribution in [0.5, 0.6) is 0 Å². The Morgan fingerprint density at radius 1 is 1.83 bits per heavy atom. The zero-order valence-corrected chi connectivity index (χ0v) is 4.01. The molecule has 39 valence electrons. The third-order valence-corrected chi connectivity index (χ3v) is 0.175. The second-order valence-electron chi connectivity index (χ2n) is 0.598. The molecule has 3 nitrogen and oxygen atoms in total. The molecule has 0 rings (SSSR count). The van der Waals surface area contributed by atoms with Crippen LogP contribution >= 0.6 is 0 Å². The maximum Gasteiger partial charge on any atom is 0.317 e. The van der Waals surface area contributed by atoms with Crippen LogP contribution in [0.2, 0.25) is 0 Å². The summed E-state index contributed by atoms with van der Waals surface area (Å²) in [5, 5.41) is 7.60. The van der Waals surface area contributed by atoms with E-state index in [4.69, 9.17) is 5.11 Å². The molecule has 0 aliphatic rings. The molecule has 0 aromatic carbocycles. The number of carboxylic acids is 1. The molecule has 0 aromatic rings. The van der Waals surface area contributed by atoms with E-state index in [0.717, 1.165) is 0 Å². The van der Waals surface area contributed by atoms with E-state index in [2.05, 4.69) is 5.73 Å². The van der Waals surface area contributed by atoms with E-state index >= 15 is 0 Å². The van der Waals surface area contributed by atoms with Gasteiger partial charge in [-0.1, -0.05) is 0 Å². The Labute approximate surface area is 45.7 Å². The average Bonchev–Trinajstić information content (AvgIpc) is 1.38. The minimum Gasteiger partial charge on any atom is -0.480 e. The Balaban J connectivity index is 0. The van der Waals surface area contributed by atoms with E-state index in [1.54, 1.807) is 0 Å². The van der Waals surface area contributed by atoms with Crippen molar-refractivity contribution in [3.63, 3.8) is 0 Å². The molecule has 0 unspecified atom stereocenters. The fourth-order valence-electron chi connectivity index (χ4n) is 0. The largest absolute Gasteiger partial charge is 0.480 e. The molecule has 0 heterocycles. The van der Waals surface area contributed by atoms with Crippen molar-refractivity contribution in [1.82, 2.24) is 0 Å². The molecule has 0 aliphatic carbocycles. The van der Waals surface area contributed by atoms with Crippen molar-refractivity contribution >= 4 is 5.97 Å². The van der Waals surface area contributed by atoms with Crippen molar-refractivity contribution in [2.24, 2.45) is 5.73 Å². The first-order valence-electron chi connectivity index (χ1n) is 1.19. The first kappa shape index (κ1) is 9.34. The van der Waals surface area contributed by atoms with E-state index < -0.39 is 5.97 Å². The number of hydrogen-bond donors (Lipinski definition) is 2. The molecular formula is C2H5CoNO2. The topological polar surface area (TPSA) is 63.3 Å². The summed E-state index contributed by atoms with van der Waals surface area (Å²) in [5.74, 6) is -0.968. The van der Waals surface area contributed by atoms with Crippen molar-refractivity contribution in [2.75, 3.05) is 6.54 Å². The predicted molar refractivity (Wildman–Crippen MR) is 16.7 cm³/mol. The van der Waals surface area contributed by atoms with Gasteiger partial charge in [-0.2, -0.15) is 0 Å². The van der Waals surface area contributed by atoms with Gasteiger partial charge in [-0.25, -0.2) is 0 Å². The van der Waals surface area contributed by atoms with Crippen LogP contribution in [0.15, 0.2) is 0 Å². The van der Waals surface area contributed by atoms with Gasteiger partial charge in [0.15, 0.2) is 0 Å². The van der Waals surface area contributed by atoms with Crippen molar-refractivity contribution in [2.45, 2.75) is 0 Å². The van der Waals surface area contributed by atoms with Crippen molar-refractivity contribution in [1.29, 1.82) is 0 Å². The second-order valence-corrected chi connectivity index (χ2v) is 0.598. The Morgan fingerprint density at radius 3 is 2.00 bits per heavy atom. The van der Waals surface area contributed by atoms with Gasteiger partial charge < -0.3 is 10.8 Å². The molecule has 0 amide bonds. The molecule has 0 atom stereocenters. The third kappa shape index (κ3) is 9.05. The van der Waals surface area contributed by atoms with Crippen molar-refractivity contribution in [3.05, 3.63) is 0 Å². The first-order valence-corrected chi connectivity index (χ1v) is 1.19. The quantitative estimate of drug-likeness (QED) is 0.484. The smallest absolute Gasteiger partial charge is 0.317 e. The molecule has 0 aromatic heterocycles. The van der Waals surface area contributed by atoms with Crippen LogP contribution in [0.25, 0.3) is 0 Å². The van der Waals surface area contributed by atoms with Gasteiger partial charge in [-0.05, 0) is 0 Å². The van der Waals surface area contributed by atoms with E-state index in [1.165, 1.54) is 0 Å². The Morgan fingerprint density at radius 2 is 2.00 bits per heavy atom. The number of rotatable bonds is 1. The van der Waals surface area contributed by atoms with Crippen molar-refractivity contribution < 1.29 is 26.7 Å². The van der Waals surface area contributed by atoms with Crippen molar-refractivity contribution in [3.8, 4) is 0 Å². The normalized spacial score (nSPS) is 6.17. The van der Waals surface area contributed by atoms with Crippen LogP contribution in [0.3, 0.4) is 0 Å². The Kier molecular flexibility index (Phi) is 7.68. The monoisotopic (exact) mass is 134 g/mol. The van der Waals surface area contributed by atoms with E-state index in [1.807, 2.05) is 0 Å². The summed E-state index contributed by atoms with van der Waals surface area (Å²) in [4.78, 5) is 9.24. The van der Waals surface area contributed by atoms with Gasteiger partial charge in [-0.15, -0.1) is 0 Å². The minimum atomic E-state index is -0.968. The number of hydrogen-bond acceptors (Lipinski definition) is 2. The molecule has 3 N–H and O–H groups in total. The van der Waals surface area contributed by atoms with E-state index in [-0.39, 0.29) is 23.3 Å². The van der Waals surface area contributed by atoms with Crippen LogP contribution in [-0.2, 0) is 21.6 Å². The summed E-state index contributed by atoms with van der Waals surface area (Å²) in [6.07, 6.45) is 0. The summed E-state index contributed by atoms with van der Waals surface area (Å²) in [5.41, 5.74) is 4.57. The second kappa shape index (κ2) is 4.94. The van der Waals surface area contributed by atoms with Crippen LogP contribution in [0.1, 0.15) is 0 Å². The molecule has 0 fully saturated rings. The van der Waals surface area contributed by atoms with Gasteiger partial charge in [0.2, 0.25) is 0 Å². The standard InChI is InChI=1S/C2H5NO2.Co/c3-1-2(4)5;/h1,3H2,(H,4,5);. The van der Waals surface area contributed by atoms with Crippen LogP contribution < -0.4 is 5.73 Å². The third-order valence-electron chi connectivity index (χ3n) is 0.175. The SMILES string of the molecule is NCC(=O)O.[Co]. The van der Waals surface area contributed by atoms with Crippen LogP contribution in [-0.4, -0.2) is 17.6 Å². The first-order chi connectivity index (χ1) is 2.27. The molecule has 0 bridgehead atoms. The molecule has 1 radical (unpaired) electrons. The van der Waals surface area contributed by atoms with Gasteiger partial charge in [0.1, 0.15) is 0 Å². The average molecular weight is 134 g/mol. The number of carbonyl (C=O) groups is 1. The minimum absolute atomic E-state index is 0. The summed E-state index contributed by atoms with van der Waals surface area (Å²) in [6.45, 7) is -0.278. The number of nitrogens with two attached hydrogens (primary N) is 1. The van der Waals surface area contributed by atoms with Gasteiger partial charge in [0.05, 0.1) is 6.54 Å². The molecule has 0 saturated carbocycles. The van der Waals surface area contributed by atoms with Crippen LogP contribution in [0.4, 0.5) is 0 Å². The number of aliphatic carboxylic acids is 1. The molecule has 0 aliphatic heterocycles. The van der Waals surface area contributed by atoms with Crippen LogP contribution in [0, 0.1) is 0 Å². The maximum atomic E-state index is 9.24. The van der Waals surface area contributed by atoms with E-state index in [9.17, 15) is 4.79 Å². The maximum absolute atomic E-state index is 9.24. The van der Waals surface area contributed by atoms with Gasteiger partial charge in [0, 0.05) is 16.8 Å². The zero-order valence-electron chi connectivity index (χ0n) is 2.97. The molecule has 4 heteroatoms. The fraction of sp³-hybridized carbons (Fsp3) is 0.500. The molecule has 0 spiro atoms. The predicted octanol–water partition coefficient (Wildman–Crippen LogP) is -0.973. The fourth-order valence-corrected chi connectivity index (χ4v) is 0. The van der Waals surface area contributed by atoms with E-state index in [0.29, 0.717) is 0 Å². The van der Waals surface area contributed by atoms with Gasteiger partial charge in [-0.3, -0.25) is 4.79 Å². The Bertz CT molecular complexity index is 46.8. The molecule has 0 saturated heterocycles. The van der Waals surface area contributed by atoms with Gasteiger partial charge >= 0.3 is 5.97 Å².